The molecular weight excluding hydrogens is 254 g/mol. The van der Waals surface area contributed by atoms with Crippen LogP contribution in [0.1, 0.15) is 35.0 Å². The van der Waals surface area contributed by atoms with Gasteiger partial charge in [0.05, 0.1) is 12.7 Å². The molecule has 5 nitrogen and oxygen atoms in total. The van der Waals surface area contributed by atoms with E-state index in [1.807, 2.05) is 25.1 Å². The van der Waals surface area contributed by atoms with E-state index in [9.17, 15) is 4.79 Å². The predicted octanol–water partition coefficient (Wildman–Crippen LogP) is 2.73. The van der Waals surface area contributed by atoms with Crippen molar-refractivity contribution in [3.8, 4) is 0 Å². The maximum atomic E-state index is 12.0. The van der Waals surface area contributed by atoms with Crippen molar-refractivity contribution in [3.05, 3.63) is 47.3 Å². The standard InChI is InChI=1S/C15H19N3O2/c1-3-7-16-14-5-4-12(9-11(14)2)15(19)17-10-13-6-8-18-20-13/h4-6,8-9,16H,3,7,10H2,1-2H3,(H,17,19). The predicted molar refractivity (Wildman–Crippen MR) is 77.6 cm³/mol. The Kier molecular flexibility index (Phi) is 4.76. The van der Waals surface area contributed by atoms with Gasteiger partial charge in [0, 0.05) is 23.9 Å². The van der Waals surface area contributed by atoms with Crippen molar-refractivity contribution >= 4 is 11.6 Å². The summed E-state index contributed by atoms with van der Waals surface area (Å²) in [5.41, 5.74) is 2.77. The van der Waals surface area contributed by atoms with Crippen LogP contribution in [0.3, 0.4) is 0 Å². The third kappa shape index (κ3) is 3.60. The monoisotopic (exact) mass is 273 g/mol. The fourth-order valence-electron chi connectivity index (χ4n) is 1.87. The van der Waals surface area contributed by atoms with Crippen molar-refractivity contribution in [2.24, 2.45) is 0 Å². The van der Waals surface area contributed by atoms with Gasteiger partial charge in [-0.3, -0.25) is 4.79 Å². The van der Waals surface area contributed by atoms with Gasteiger partial charge in [0.25, 0.3) is 5.91 Å². The van der Waals surface area contributed by atoms with Crippen molar-refractivity contribution in [2.45, 2.75) is 26.8 Å². The molecule has 0 atom stereocenters. The van der Waals surface area contributed by atoms with Gasteiger partial charge >= 0.3 is 0 Å². The first-order valence-corrected chi connectivity index (χ1v) is 6.73. The minimum atomic E-state index is -0.119. The molecule has 0 radical (unpaired) electrons. The van der Waals surface area contributed by atoms with Crippen molar-refractivity contribution in [1.29, 1.82) is 0 Å². The van der Waals surface area contributed by atoms with Gasteiger partial charge in [0.2, 0.25) is 0 Å². The van der Waals surface area contributed by atoms with Crippen molar-refractivity contribution in [2.75, 3.05) is 11.9 Å². The van der Waals surface area contributed by atoms with E-state index in [0.717, 1.165) is 24.2 Å². The van der Waals surface area contributed by atoms with Crippen LogP contribution in [0.25, 0.3) is 0 Å². The van der Waals surface area contributed by atoms with E-state index in [1.54, 1.807) is 12.3 Å². The number of nitrogens with zero attached hydrogens (tertiary/aromatic N) is 1. The first kappa shape index (κ1) is 14.1. The molecular formula is C15H19N3O2. The summed E-state index contributed by atoms with van der Waals surface area (Å²) < 4.78 is 4.93. The summed E-state index contributed by atoms with van der Waals surface area (Å²) in [5.74, 6) is 0.517. The number of rotatable bonds is 6. The zero-order chi connectivity index (χ0) is 14.4. The van der Waals surface area contributed by atoms with Crippen LogP contribution in [0.4, 0.5) is 5.69 Å². The molecule has 106 valence electrons. The lowest BCUT2D eigenvalue weighted by Crippen LogP contribution is -2.22. The lowest BCUT2D eigenvalue weighted by molar-refractivity contribution is 0.0947. The zero-order valence-electron chi connectivity index (χ0n) is 11.8. The molecule has 0 saturated carbocycles. The average molecular weight is 273 g/mol. The van der Waals surface area contributed by atoms with E-state index >= 15 is 0 Å². The molecule has 1 heterocycles. The highest BCUT2D eigenvalue weighted by Crippen LogP contribution is 2.16. The molecule has 0 aliphatic heterocycles. The summed E-state index contributed by atoms with van der Waals surface area (Å²) >= 11 is 0. The number of aryl methyl sites for hydroxylation is 1. The van der Waals surface area contributed by atoms with Gasteiger partial charge in [-0.2, -0.15) is 0 Å². The highest BCUT2D eigenvalue weighted by molar-refractivity contribution is 5.94. The minimum absolute atomic E-state index is 0.119. The van der Waals surface area contributed by atoms with Crippen molar-refractivity contribution < 1.29 is 9.32 Å². The van der Waals surface area contributed by atoms with E-state index in [1.165, 1.54) is 0 Å². The Morgan fingerprint density at radius 1 is 1.35 bits per heavy atom. The number of aromatic nitrogens is 1. The number of benzene rings is 1. The number of carbonyl (C=O) groups is 1. The normalized spacial score (nSPS) is 10.3. The Hall–Kier alpha value is -2.30. The first-order valence-electron chi connectivity index (χ1n) is 6.73. The van der Waals surface area contributed by atoms with E-state index in [-0.39, 0.29) is 5.91 Å². The maximum absolute atomic E-state index is 12.0. The Bertz CT molecular complexity index is 565. The largest absolute Gasteiger partial charge is 0.385 e. The molecule has 2 rings (SSSR count). The molecule has 0 aliphatic carbocycles. The fraction of sp³-hybridized carbons (Fsp3) is 0.333. The van der Waals surface area contributed by atoms with Crippen LogP contribution in [0.15, 0.2) is 35.0 Å². The summed E-state index contributed by atoms with van der Waals surface area (Å²) in [7, 11) is 0. The van der Waals surface area contributed by atoms with Gasteiger partial charge in [-0.05, 0) is 37.1 Å². The number of anilines is 1. The van der Waals surface area contributed by atoms with Gasteiger partial charge < -0.3 is 15.2 Å². The van der Waals surface area contributed by atoms with Gasteiger partial charge in [0.1, 0.15) is 0 Å². The number of hydrogen-bond donors (Lipinski definition) is 2. The Morgan fingerprint density at radius 2 is 2.20 bits per heavy atom. The molecule has 0 fully saturated rings. The molecule has 2 N–H and O–H groups in total. The highest BCUT2D eigenvalue weighted by Gasteiger charge is 2.08. The summed E-state index contributed by atoms with van der Waals surface area (Å²) in [6.07, 6.45) is 2.62. The van der Waals surface area contributed by atoms with Crippen LogP contribution >= 0.6 is 0 Å². The third-order valence-corrected chi connectivity index (χ3v) is 2.97. The van der Waals surface area contributed by atoms with Crippen LogP contribution < -0.4 is 10.6 Å². The second-order valence-corrected chi connectivity index (χ2v) is 4.62. The molecule has 5 heteroatoms. The second-order valence-electron chi connectivity index (χ2n) is 4.62. The third-order valence-electron chi connectivity index (χ3n) is 2.97. The van der Waals surface area contributed by atoms with Crippen LogP contribution in [-0.2, 0) is 6.54 Å². The van der Waals surface area contributed by atoms with E-state index in [0.29, 0.717) is 17.9 Å². The summed E-state index contributed by atoms with van der Waals surface area (Å²) in [6, 6.07) is 7.37. The number of hydrogen-bond acceptors (Lipinski definition) is 4. The molecule has 2 aromatic rings. The average Bonchev–Trinajstić information content (AvgIpc) is 2.96. The number of carbonyl (C=O) groups excluding carboxylic acids is 1. The topological polar surface area (TPSA) is 67.2 Å². The fourth-order valence-corrected chi connectivity index (χ4v) is 1.87. The van der Waals surface area contributed by atoms with E-state index in [4.69, 9.17) is 4.52 Å². The summed E-state index contributed by atoms with van der Waals surface area (Å²) in [4.78, 5) is 12.0. The smallest absolute Gasteiger partial charge is 0.251 e. The summed E-state index contributed by atoms with van der Waals surface area (Å²) in [5, 5.41) is 9.72. The second kappa shape index (κ2) is 6.75. The lowest BCUT2D eigenvalue weighted by atomic mass is 10.1. The molecule has 0 aliphatic rings. The Morgan fingerprint density at radius 3 is 2.85 bits per heavy atom. The maximum Gasteiger partial charge on any atom is 0.251 e. The molecule has 0 saturated heterocycles. The van der Waals surface area contributed by atoms with Crippen LogP contribution in [0, 0.1) is 6.92 Å². The molecule has 20 heavy (non-hydrogen) atoms. The van der Waals surface area contributed by atoms with Crippen molar-refractivity contribution in [3.63, 3.8) is 0 Å². The van der Waals surface area contributed by atoms with Gasteiger partial charge in [-0.25, -0.2) is 0 Å². The lowest BCUT2D eigenvalue weighted by Gasteiger charge is -2.10. The van der Waals surface area contributed by atoms with E-state index in [2.05, 4.69) is 22.7 Å². The highest BCUT2D eigenvalue weighted by atomic mass is 16.5. The van der Waals surface area contributed by atoms with Crippen LogP contribution in [0.5, 0.6) is 0 Å². The SMILES string of the molecule is CCCNc1ccc(C(=O)NCc2ccno2)cc1C. The van der Waals surface area contributed by atoms with Crippen LogP contribution in [0.2, 0.25) is 0 Å². The first-order chi connectivity index (χ1) is 9.70. The molecule has 1 aromatic heterocycles. The molecule has 0 unspecified atom stereocenters. The Labute approximate surface area is 118 Å². The van der Waals surface area contributed by atoms with Gasteiger partial charge in [-0.1, -0.05) is 12.1 Å². The summed E-state index contributed by atoms with van der Waals surface area (Å²) in [6.45, 7) is 5.38. The zero-order valence-corrected chi connectivity index (χ0v) is 11.8. The van der Waals surface area contributed by atoms with Gasteiger partial charge in [0.15, 0.2) is 5.76 Å². The molecule has 0 bridgehead atoms. The molecule has 1 aromatic carbocycles. The molecule has 0 spiro atoms. The van der Waals surface area contributed by atoms with Crippen LogP contribution in [-0.4, -0.2) is 17.6 Å². The number of nitrogens with one attached hydrogen (secondary N) is 2. The quantitative estimate of drug-likeness (QED) is 0.849. The molecule has 1 amide bonds. The van der Waals surface area contributed by atoms with Gasteiger partial charge in [-0.15, -0.1) is 0 Å². The number of amides is 1. The van der Waals surface area contributed by atoms with Crippen molar-refractivity contribution in [1.82, 2.24) is 10.5 Å². The minimum Gasteiger partial charge on any atom is -0.385 e. The van der Waals surface area contributed by atoms with E-state index < -0.39 is 0 Å². The Balaban J connectivity index is 1.97.